The Morgan fingerprint density at radius 3 is 2.21 bits per heavy atom. The predicted molar refractivity (Wildman–Crippen MR) is 144 cm³/mol. The molecule has 0 spiro atoms. The second kappa shape index (κ2) is 10.9. The van der Waals surface area contributed by atoms with E-state index >= 15 is 0 Å². The number of nitrogens with one attached hydrogen (secondary N) is 2. The molecule has 3 aromatic carbocycles. The zero-order valence-electron chi connectivity index (χ0n) is 21.4. The molecule has 11 heteroatoms. The van der Waals surface area contributed by atoms with Crippen molar-refractivity contribution in [1.82, 2.24) is 24.5 Å². The van der Waals surface area contributed by atoms with E-state index in [4.69, 9.17) is 23.9 Å². The van der Waals surface area contributed by atoms with Gasteiger partial charge in [-0.1, -0.05) is 24.3 Å². The number of anilines is 3. The Bertz CT molecular complexity index is 1530. The van der Waals surface area contributed by atoms with Crippen LogP contribution in [0.4, 0.5) is 17.6 Å². The average molecular weight is 514 g/mol. The number of aromatic nitrogens is 5. The van der Waals surface area contributed by atoms with E-state index in [2.05, 4.69) is 25.6 Å². The molecule has 0 fully saturated rings. The summed E-state index contributed by atoms with van der Waals surface area (Å²) < 4.78 is 23.4. The van der Waals surface area contributed by atoms with Crippen LogP contribution in [0, 0.1) is 0 Å². The minimum absolute atomic E-state index is 0.336. The molecule has 194 valence electrons. The summed E-state index contributed by atoms with van der Waals surface area (Å²) in [5.41, 5.74) is 3.40. The minimum Gasteiger partial charge on any atom is -0.497 e. The third kappa shape index (κ3) is 4.94. The van der Waals surface area contributed by atoms with Crippen LogP contribution in [0.2, 0.25) is 0 Å². The second-order valence-electron chi connectivity index (χ2n) is 8.11. The van der Waals surface area contributed by atoms with Gasteiger partial charge >= 0.3 is 0 Å². The van der Waals surface area contributed by atoms with Gasteiger partial charge in [0.1, 0.15) is 12.1 Å². The molecule has 0 unspecified atom stereocenters. The molecule has 0 aliphatic heterocycles. The van der Waals surface area contributed by atoms with Gasteiger partial charge in [-0.25, -0.2) is 19.5 Å². The molecule has 2 heterocycles. The first-order valence-corrected chi connectivity index (χ1v) is 11.7. The molecule has 5 rings (SSSR count). The number of nitrogens with zero attached hydrogens (tertiary/aromatic N) is 5. The summed E-state index contributed by atoms with van der Waals surface area (Å²) in [6.07, 6.45) is 1.45. The Labute approximate surface area is 219 Å². The number of rotatable bonds is 10. The third-order valence-corrected chi connectivity index (χ3v) is 5.85. The van der Waals surface area contributed by atoms with Crippen LogP contribution >= 0.6 is 0 Å². The van der Waals surface area contributed by atoms with Crippen molar-refractivity contribution in [2.24, 2.45) is 0 Å². The van der Waals surface area contributed by atoms with Crippen LogP contribution in [0.25, 0.3) is 17.0 Å². The quantitative estimate of drug-likeness (QED) is 0.274. The van der Waals surface area contributed by atoms with Gasteiger partial charge < -0.3 is 29.6 Å². The molecule has 11 nitrogen and oxygen atoms in total. The Hall–Kier alpha value is -5.06. The molecule has 0 atom stereocenters. The van der Waals surface area contributed by atoms with Crippen LogP contribution < -0.4 is 29.6 Å². The van der Waals surface area contributed by atoms with E-state index < -0.39 is 0 Å². The van der Waals surface area contributed by atoms with Crippen LogP contribution in [0.15, 0.2) is 67.0 Å². The molecule has 5 aromatic rings. The Kier molecular flexibility index (Phi) is 7.07. The van der Waals surface area contributed by atoms with Gasteiger partial charge in [0.2, 0.25) is 23.6 Å². The number of methoxy groups -OCH3 is 4. The SMILES string of the molecule is COc1ccc(CNc2nc3ccccc3n2-c2ncnc(Nc3cc(OC)c(OC)c(OC)c3)n2)cc1. The van der Waals surface area contributed by atoms with E-state index in [1.165, 1.54) is 6.33 Å². The van der Waals surface area contributed by atoms with E-state index in [-0.39, 0.29) is 0 Å². The lowest BCUT2D eigenvalue weighted by Gasteiger charge is -2.15. The maximum Gasteiger partial charge on any atom is 0.241 e. The monoisotopic (exact) mass is 513 g/mol. The van der Waals surface area contributed by atoms with E-state index in [1.807, 2.05) is 53.1 Å². The lowest BCUT2D eigenvalue weighted by atomic mass is 10.2. The largest absolute Gasteiger partial charge is 0.497 e. The van der Waals surface area contributed by atoms with Crippen molar-refractivity contribution in [2.75, 3.05) is 39.1 Å². The fourth-order valence-electron chi connectivity index (χ4n) is 4.01. The fourth-order valence-corrected chi connectivity index (χ4v) is 4.01. The van der Waals surface area contributed by atoms with Crippen molar-refractivity contribution in [3.8, 4) is 28.9 Å². The minimum atomic E-state index is 0.336. The molecule has 0 radical (unpaired) electrons. The number of fused-ring (bicyclic) bond motifs is 1. The molecule has 0 bridgehead atoms. The van der Waals surface area contributed by atoms with Gasteiger partial charge in [-0.15, -0.1) is 0 Å². The van der Waals surface area contributed by atoms with Gasteiger partial charge in [-0.2, -0.15) is 4.98 Å². The van der Waals surface area contributed by atoms with Gasteiger partial charge in [0, 0.05) is 24.4 Å². The number of hydrogen-bond acceptors (Lipinski definition) is 10. The molecule has 0 aliphatic rings. The highest BCUT2D eigenvalue weighted by molar-refractivity contribution is 5.80. The second-order valence-corrected chi connectivity index (χ2v) is 8.11. The number of imidazole rings is 1. The summed E-state index contributed by atoms with van der Waals surface area (Å²) in [4.78, 5) is 18.2. The zero-order chi connectivity index (χ0) is 26.5. The predicted octanol–water partition coefficient (Wildman–Crippen LogP) is 4.60. The van der Waals surface area contributed by atoms with E-state index in [0.717, 1.165) is 22.3 Å². The maximum atomic E-state index is 5.45. The average Bonchev–Trinajstić information content (AvgIpc) is 3.34. The van der Waals surface area contributed by atoms with Gasteiger partial charge in [0.25, 0.3) is 0 Å². The number of para-hydroxylation sites is 2. The first kappa shape index (κ1) is 24.6. The maximum absolute atomic E-state index is 5.45. The summed E-state index contributed by atoms with van der Waals surface area (Å²) in [6.45, 7) is 0.551. The van der Waals surface area contributed by atoms with Crippen molar-refractivity contribution < 1.29 is 18.9 Å². The third-order valence-electron chi connectivity index (χ3n) is 5.85. The normalized spacial score (nSPS) is 10.7. The van der Waals surface area contributed by atoms with Crippen LogP contribution in [0.1, 0.15) is 5.56 Å². The Balaban J connectivity index is 1.47. The highest BCUT2D eigenvalue weighted by atomic mass is 16.5. The summed E-state index contributed by atoms with van der Waals surface area (Å²) >= 11 is 0. The van der Waals surface area contributed by atoms with Crippen LogP contribution in [0.3, 0.4) is 0 Å². The summed E-state index contributed by atoms with van der Waals surface area (Å²) in [6, 6.07) is 19.2. The standard InChI is InChI=1S/C27H27N7O4/c1-35-19-11-9-17(10-12-19)15-28-26-32-20-7-5-6-8-21(20)34(26)27-30-16-29-25(33-27)31-18-13-22(36-2)24(38-4)23(14-18)37-3/h5-14,16H,15H2,1-4H3,(H,28,32)(H,29,30,31,33). The van der Waals surface area contributed by atoms with Crippen molar-refractivity contribution in [3.63, 3.8) is 0 Å². The van der Waals surface area contributed by atoms with Crippen molar-refractivity contribution >= 4 is 28.6 Å². The zero-order valence-corrected chi connectivity index (χ0v) is 21.4. The first-order valence-electron chi connectivity index (χ1n) is 11.7. The molecule has 2 N–H and O–H groups in total. The number of benzene rings is 3. The summed E-state index contributed by atoms with van der Waals surface area (Å²) in [7, 11) is 6.33. The summed E-state index contributed by atoms with van der Waals surface area (Å²) in [5, 5.41) is 6.61. The molecule has 2 aromatic heterocycles. The van der Waals surface area contributed by atoms with Crippen molar-refractivity contribution in [2.45, 2.75) is 6.54 Å². The van der Waals surface area contributed by atoms with Crippen LogP contribution in [-0.4, -0.2) is 52.9 Å². The smallest absolute Gasteiger partial charge is 0.241 e. The van der Waals surface area contributed by atoms with Gasteiger partial charge in [-0.3, -0.25) is 0 Å². The van der Waals surface area contributed by atoms with E-state index in [9.17, 15) is 0 Å². The molecule has 0 amide bonds. The van der Waals surface area contributed by atoms with Gasteiger partial charge in [-0.05, 0) is 29.8 Å². The lowest BCUT2D eigenvalue weighted by molar-refractivity contribution is 0.324. The Morgan fingerprint density at radius 1 is 0.789 bits per heavy atom. The van der Waals surface area contributed by atoms with Crippen LogP contribution in [0.5, 0.6) is 23.0 Å². The molecule has 0 aliphatic carbocycles. The van der Waals surface area contributed by atoms with Gasteiger partial charge in [0.15, 0.2) is 11.5 Å². The highest BCUT2D eigenvalue weighted by Crippen LogP contribution is 2.40. The van der Waals surface area contributed by atoms with E-state index in [0.29, 0.717) is 47.3 Å². The van der Waals surface area contributed by atoms with Crippen LogP contribution in [-0.2, 0) is 6.54 Å². The molecule has 0 saturated carbocycles. The van der Waals surface area contributed by atoms with E-state index in [1.54, 1.807) is 40.6 Å². The molecular formula is C27H27N7O4. The fraction of sp³-hybridized carbons (Fsp3) is 0.185. The molecular weight excluding hydrogens is 486 g/mol. The summed E-state index contributed by atoms with van der Waals surface area (Å²) in [5.74, 6) is 3.66. The number of hydrogen-bond donors (Lipinski definition) is 2. The first-order chi connectivity index (χ1) is 18.6. The molecule has 38 heavy (non-hydrogen) atoms. The Morgan fingerprint density at radius 2 is 1.53 bits per heavy atom. The lowest BCUT2D eigenvalue weighted by Crippen LogP contribution is -2.10. The molecule has 0 saturated heterocycles. The highest BCUT2D eigenvalue weighted by Gasteiger charge is 2.17. The topological polar surface area (TPSA) is 117 Å². The number of ether oxygens (including phenoxy) is 4. The van der Waals surface area contributed by atoms with Gasteiger partial charge in [0.05, 0.1) is 39.5 Å². The van der Waals surface area contributed by atoms with Crippen molar-refractivity contribution in [1.29, 1.82) is 0 Å². The van der Waals surface area contributed by atoms with Crippen molar-refractivity contribution in [3.05, 3.63) is 72.6 Å².